The molecule has 1 N–H and O–H groups in total. The molecule has 0 saturated carbocycles. The zero-order valence-corrected chi connectivity index (χ0v) is 10.4. The summed E-state index contributed by atoms with van der Waals surface area (Å²) < 4.78 is 0. The fourth-order valence-corrected chi connectivity index (χ4v) is 2.52. The summed E-state index contributed by atoms with van der Waals surface area (Å²) in [7, 11) is 1.99. The van der Waals surface area contributed by atoms with Gasteiger partial charge in [-0.3, -0.25) is 4.98 Å². The number of nitrogens with one attached hydrogen (secondary N) is 1. The number of thiophene rings is 1. The third-order valence-electron chi connectivity index (χ3n) is 2.75. The molecule has 1 atom stereocenters. The number of aromatic nitrogens is 1. The standard InChI is InChI=1S/C13H16N2S/c1-10-4-3-6-15-13(10)12(14-2)8-11-5-7-16-9-11/h3-7,9,12,14H,8H2,1-2H3. The van der Waals surface area contributed by atoms with Gasteiger partial charge in [-0.25, -0.2) is 0 Å². The van der Waals surface area contributed by atoms with Crippen LogP contribution in [0.1, 0.15) is 22.9 Å². The zero-order valence-electron chi connectivity index (χ0n) is 9.60. The van der Waals surface area contributed by atoms with Crippen LogP contribution in [0.2, 0.25) is 0 Å². The number of nitrogens with zero attached hydrogens (tertiary/aromatic N) is 1. The first-order valence-corrected chi connectivity index (χ1v) is 6.35. The molecule has 2 aromatic rings. The van der Waals surface area contributed by atoms with E-state index in [1.54, 1.807) is 11.3 Å². The van der Waals surface area contributed by atoms with Crippen molar-refractivity contribution in [3.05, 3.63) is 52.0 Å². The molecule has 0 bridgehead atoms. The summed E-state index contributed by atoms with van der Waals surface area (Å²) >= 11 is 1.74. The van der Waals surface area contributed by atoms with Crippen LogP contribution in [0, 0.1) is 6.92 Å². The Labute approximate surface area is 100 Å². The molecule has 16 heavy (non-hydrogen) atoms. The Balaban J connectivity index is 2.20. The molecule has 0 aromatic carbocycles. The molecule has 0 aliphatic heterocycles. The van der Waals surface area contributed by atoms with Crippen LogP contribution in [0.15, 0.2) is 35.2 Å². The van der Waals surface area contributed by atoms with Gasteiger partial charge >= 0.3 is 0 Å². The summed E-state index contributed by atoms with van der Waals surface area (Å²) in [4.78, 5) is 4.47. The van der Waals surface area contributed by atoms with E-state index in [0.29, 0.717) is 6.04 Å². The normalized spacial score (nSPS) is 12.6. The lowest BCUT2D eigenvalue weighted by molar-refractivity contribution is 0.573. The Hall–Kier alpha value is -1.19. The minimum absolute atomic E-state index is 0.302. The first-order valence-electron chi connectivity index (χ1n) is 5.41. The van der Waals surface area contributed by atoms with Gasteiger partial charge in [0, 0.05) is 6.20 Å². The molecular weight excluding hydrogens is 216 g/mol. The van der Waals surface area contributed by atoms with E-state index in [1.807, 2.05) is 19.3 Å². The molecule has 0 aliphatic rings. The van der Waals surface area contributed by atoms with E-state index in [4.69, 9.17) is 0 Å². The summed E-state index contributed by atoms with van der Waals surface area (Å²) in [6.07, 6.45) is 2.86. The second-order valence-corrected chi connectivity index (χ2v) is 4.66. The SMILES string of the molecule is CNC(Cc1ccsc1)c1ncccc1C. The van der Waals surface area contributed by atoms with E-state index in [1.165, 1.54) is 11.1 Å². The van der Waals surface area contributed by atoms with Crippen molar-refractivity contribution in [3.8, 4) is 0 Å². The number of rotatable bonds is 4. The summed E-state index contributed by atoms with van der Waals surface area (Å²) in [5, 5.41) is 7.66. The molecular formula is C13H16N2S. The molecule has 0 spiro atoms. The second kappa shape index (κ2) is 5.23. The third kappa shape index (κ3) is 2.49. The fraction of sp³-hybridized carbons (Fsp3) is 0.308. The van der Waals surface area contributed by atoms with Gasteiger partial charge < -0.3 is 5.32 Å². The van der Waals surface area contributed by atoms with Crippen LogP contribution in [-0.2, 0) is 6.42 Å². The van der Waals surface area contributed by atoms with Crippen LogP contribution in [0.3, 0.4) is 0 Å². The zero-order chi connectivity index (χ0) is 11.4. The van der Waals surface area contributed by atoms with E-state index in [-0.39, 0.29) is 0 Å². The number of pyridine rings is 1. The van der Waals surface area contributed by atoms with Gasteiger partial charge in [-0.2, -0.15) is 11.3 Å². The summed E-state index contributed by atoms with van der Waals surface area (Å²) in [5.74, 6) is 0. The summed E-state index contributed by atoms with van der Waals surface area (Å²) in [6.45, 7) is 2.11. The molecule has 2 rings (SSSR count). The Bertz CT molecular complexity index is 437. The summed E-state index contributed by atoms with van der Waals surface area (Å²) in [5.41, 5.74) is 3.77. The monoisotopic (exact) mass is 232 g/mol. The first-order chi connectivity index (χ1) is 7.81. The topological polar surface area (TPSA) is 24.9 Å². The Kier molecular flexibility index (Phi) is 3.70. The van der Waals surface area contributed by atoms with Crippen molar-refractivity contribution < 1.29 is 0 Å². The van der Waals surface area contributed by atoms with Gasteiger partial charge in [-0.05, 0) is 54.4 Å². The van der Waals surface area contributed by atoms with E-state index < -0.39 is 0 Å². The maximum atomic E-state index is 4.47. The molecule has 2 heterocycles. The molecule has 0 amide bonds. The highest BCUT2D eigenvalue weighted by atomic mass is 32.1. The van der Waals surface area contributed by atoms with Gasteiger partial charge in [0.1, 0.15) is 0 Å². The average Bonchev–Trinajstić information content (AvgIpc) is 2.80. The van der Waals surface area contributed by atoms with Gasteiger partial charge in [0.2, 0.25) is 0 Å². The molecule has 1 unspecified atom stereocenters. The van der Waals surface area contributed by atoms with Crippen LogP contribution in [0.25, 0.3) is 0 Å². The Morgan fingerprint density at radius 3 is 2.94 bits per heavy atom. The molecule has 2 aromatic heterocycles. The van der Waals surface area contributed by atoms with Crippen molar-refractivity contribution in [3.63, 3.8) is 0 Å². The van der Waals surface area contributed by atoms with Crippen molar-refractivity contribution in [1.82, 2.24) is 10.3 Å². The Morgan fingerprint density at radius 2 is 2.31 bits per heavy atom. The van der Waals surface area contributed by atoms with Gasteiger partial charge in [-0.15, -0.1) is 0 Å². The highest BCUT2D eigenvalue weighted by Crippen LogP contribution is 2.20. The average molecular weight is 232 g/mol. The molecule has 0 radical (unpaired) electrons. The van der Waals surface area contributed by atoms with Gasteiger partial charge in [0.15, 0.2) is 0 Å². The van der Waals surface area contributed by atoms with E-state index in [0.717, 1.165) is 12.1 Å². The van der Waals surface area contributed by atoms with Crippen LogP contribution < -0.4 is 5.32 Å². The molecule has 2 nitrogen and oxygen atoms in total. The number of likely N-dealkylation sites (N-methyl/N-ethyl adjacent to an activating group) is 1. The van der Waals surface area contributed by atoms with Crippen molar-refractivity contribution in [2.45, 2.75) is 19.4 Å². The van der Waals surface area contributed by atoms with Crippen molar-refractivity contribution >= 4 is 11.3 Å². The highest BCUT2D eigenvalue weighted by molar-refractivity contribution is 7.07. The number of hydrogen-bond acceptors (Lipinski definition) is 3. The van der Waals surface area contributed by atoms with Gasteiger partial charge in [0.05, 0.1) is 11.7 Å². The largest absolute Gasteiger partial charge is 0.311 e. The van der Waals surface area contributed by atoms with Crippen LogP contribution >= 0.6 is 11.3 Å². The van der Waals surface area contributed by atoms with E-state index >= 15 is 0 Å². The summed E-state index contributed by atoms with van der Waals surface area (Å²) in [6, 6.07) is 6.57. The lowest BCUT2D eigenvalue weighted by Crippen LogP contribution is -2.20. The minimum Gasteiger partial charge on any atom is -0.311 e. The van der Waals surface area contributed by atoms with E-state index in [2.05, 4.69) is 40.1 Å². The predicted molar refractivity (Wildman–Crippen MR) is 68.8 cm³/mol. The molecule has 0 aliphatic carbocycles. The quantitative estimate of drug-likeness (QED) is 0.876. The minimum atomic E-state index is 0.302. The van der Waals surface area contributed by atoms with Crippen LogP contribution in [-0.4, -0.2) is 12.0 Å². The van der Waals surface area contributed by atoms with Crippen molar-refractivity contribution in [2.75, 3.05) is 7.05 Å². The molecule has 84 valence electrons. The van der Waals surface area contributed by atoms with Crippen LogP contribution in [0.5, 0.6) is 0 Å². The van der Waals surface area contributed by atoms with Crippen LogP contribution in [0.4, 0.5) is 0 Å². The van der Waals surface area contributed by atoms with E-state index in [9.17, 15) is 0 Å². The molecule has 0 saturated heterocycles. The fourth-order valence-electron chi connectivity index (χ4n) is 1.84. The maximum Gasteiger partial charge on any atom is 0.0605 e. The van der Waals surface area contributed by atoms with Crippen molar-refractivity contribution in [2.24, 2.45) is 0 Å². The Morgan fingerprint density at radius 1 is 1.44 bits per heavy atom. The lowest BCUT2D eigenvalue weighted by Gasteiger charge is -2.16. The predicted octanol–water partition coefficient (Wildman–Crippen LogP) is 2.95. The van der Waals surface area contributed by atoms with Crippen molar-refractivity contribution in [1.29, 1.82) is 0 Å². The van der Waals surface area contributed by atoms with Gasteiger partial charge in [0.25, 0.3) is 0 Å². The smallest absolute Gasteiger partial charge is 0.0605 e. The number of aryl methyl sites for hydroxylation is 1. The van der Waals surface area contributed by atoms with Gasteiger partial charge in [-0.1, -0.05) is 6.07 Å². The second-order valence-electron chi connectivity index (χ2n) is 3.88. The maximum absolute atomic E-state index is 4.47. The molecule has 0 fully saturated rings. The molecule has 3 heteroatoms. The third-order valence-corrected chi connectivity index (χ3v) is 3.48. The number of hydrogen-bond donors (Lipinski definition) is 1. The lowest BCUT2D eigenvalue weighted by atomic mass is 10.0. The first kappa shape index (κ1) is 11.3. The highest BCUT2D eigenvalue weighted by Gasteiger charge is 2.13.